The lowest BCUT2D eigenvalue weighted by molar-refractivity contribution is 0.184. The number of benzene rings is 1. The number of nitrogens with one attached hydrogen (secondary N) is 1. The first-order valence-electron chi connectivity index (χ1n) is 9.08. The Morgan fingerprint density at radius 1 is 1.24 bits per heavy atom. The van der Waals surface area contributed by atoms with Crippen LogP contribution in [0.3, 0.4) is 0 Å². The van der Waals surface area contributed by atoms with Crippen molar-refractivity contribution in [1.29, 1.82) is 5.26 Å². The first-order valence-corrected chi connectivity index (χ1v) is 9.87. The first-order chi connectivity index (χ1) is 13.9. The lowest BCUT2D eigenvalue weighted by Gasteiger charge is -2.10. The zero-order valence-electron chi connectivity index (χ0n) is 16.8. The highest BCUT2D eigenvalue weighted by atomic mass is 79.9. The molecule has 0 amide bonds. The number of nitriles is 1. The molecular weight excluding hydrogens is 430 g/mol. The number of rotatable bonds is 6. The summed E-state index contributed by atoms with van der Waals surface area (Å²) in [5.41, 5.74) is 9.20. The summed E-state index contributed by atoms with van der Waals surface area (Å²) in [5, 5.41) is 13.9. The molecule has 0 spiro atoms. The summed E-state index contributed by atoms with van der Waals surface area (Å²) in [7, 11) is 1.60. The molecule has 1 aromatic carbocycles. The van der Waals surface area contributed by atoms with Crippen LogP contribution in [0.25, 0.3) is 5.69 Å². The number of anilines is 1. The number of pyridine rings is 1. The number of aromatic nitrogens is 2. The number of hydrazone groups is 1. The second-order valence-corrected chi connectivity index (χ2v) is 7.62. The third-order valence-corrected chi connectivity index (χ3v) is 5.10. The van der Waals surface area contributed by atoms with E-state index in [0.717, 1.165) is 38.4 Å². The lowest BCUT2D eigenvalue weighted by Crippen LogP contribution is -2.04. The van der Waals surface area contributed by atoms with Crippen molar-refractivity contribution in [3.63, 3.8) is 0 Å². The fourth-order valence-corrected chi connectivity index (χ4v) is 3.55. The minimum Gasteiger partial charge on any atom is -0.380 e. The third-order valence-electron chi connectivity index (χ3n) is 4.57. The quantitative estimate of drug-likeness (QED) is 0.421. The van der Waals surface area contributed by atoms with Crippen molar-refractivity contribution in [2.45, 2.75) is 27.4 Å². The van der Waals surface area contributed by atoms with Crippen LogP contribution in [-0.4, -0.2) is 22.9 Å². The van der Waals surface area contributed by atoms with Gasteiger partial charge in [0.15, 0.2) is 5.82 Å². The van der Waals surface area contributed by atoms with E-state index in [9.17, 15) is 5.26 Å². The highest BCUT2D eigenvalue weighted by molar-refractivity contribution is 9.10. The summed E-state index contributed by atoms with van der Waals surface area (Å²) in [6, 6.07) is 14.3. The molecule has 7 heteroatoms. The van der Waals surface area contributed by atoms with Crippen LogP contribution in [0.2, 0.25) is 0 Å². The van der Waals surface area contributed by atoms with Gasteiger partial charge in [-0.25, -0.2) is 4.98 Å². The Morgan fingerprint density at radius 2 is 1.97 bits per heavy atom. The van der Waals surface area contributed by atoms with Gasteiger partial charge in [0.25, 0.3) is 0 Å². The van der Waals surface area contributed by atoms with Crippen LogP contribution >= 0.6 is 15.9 Å². The maximum absolute atomic E-state index is 9.52. The molecule has 0 radical (unpaired) electrons. The minimum absolute atomic E-state index is 0.346. The minimum atomic E-state index is 0.346. The van der Waals surface area contributed by atoms with Gasteiger partial charge >= 0.3 is 0 Å². The molecule has 0 fully saturated rings. The molecule has 0 aliphatic rings. The van der Waals surface area contributed by atoms with Gasteiger partial charge in [0.1, 0.15) is 11.6 Å². The number of ether oxygens (including phenoxy) is 1. The molecule has 0 saturated heterocycles. The zero-order valence-corrected chi connectivity index (χ0v) is 18.4. The molecule has 1 N–H and O–H groups in total. The van der Waals surface area contributed by atoms with E-state index >= 15 is 0 Å². The predicted octanol–water partition coefficient (Wildman–Crippen LogP) is 5.02. The maximum Gasteiger partial charge on any atom is 0.164 e. The van der Waals surface area contributed by atoms with Gasteiger partial charge in [-0.1, -0.05) is 15.9 Å². The topological polar surface area (TPSA) is 75.2 Å². The van der Waals surface area contributed by atoms with Gasteiger partial charge in [-0.15, -0.1) is 0 Å². The van der Waals surface area contributed by atoms with Crippen LogP contribution in [0.4, 0.5) is 5.82 Å². The number of methoxy groups -OCH3 is 1. The third kappa shape index (κ3) is 4.56. The number of aryl methyl sites for hydroxylation is 2. The number of halogens is 1. The molecule has 0 bridgehead atoms. The lowest BCUT2D eigenvalue weighted by atomic mass is 10.1. The largest absolute Gasteiger partial charge is 0.380 e. The molecule has 0 unspecified atom stereocenters. The van der Waals surface area contributed by atoms with Crippen LogP contribution in [0.15, 0.2) is 46.0 Å². The summed E-state index contributed by atoms with van der Waals surface area (Å²) in [5.74, 6) is 0.428. The Bertz CT molecular complexity index is 1090. The number of hydrogen-bond donors (Lipinski definition) is 1. The van der Waals surface area contributed by atoms with Gasteiger partial charge in [-0.2, -0.15) is 10.4 Å². The van der Waals surface area contributed by atoms with E-state index in [4.69, 9.17) is 4.74 Å². The van der Waals surface area contributed by atoms with Gasteiger partial charge in [0.2, 0.25) is 0 Å². The second-order valence-electron chi connectivity index (χ2n) is 6.70. The first kappa shape index (κ1) is 20.8. The van der Waals surface area contributed by atoms with Crippen LogP contribution in [0, 0.1) is 32.1 Å². The Morgan fingerprint density at radius 3 is 2.62 bits per heavy atom. The fraction of sp³-hybridized carbons (Fsp3) is 0.227. The maximum atomic E-state index is 9.52. The molecule has 6 nitrogen and oxygen atoms in total. The molecule has 2 heterocycles. The van der Waals surface area contributed by atoms with Gasteiger partial charge in [-0.05, 0) is 57.2 Å². The second kappa shape index (κ2) is 9.03. The number of hydrogen-bond acceptors (Lipinski definition) is 5. The van der Waals surface area contributed by atoms with Gasteiger partial charge < -0.3 is 9.30 Å². The summed E-state index contributed by atoms with van der Waals surface area (Å²) >= 11 is 3.47. The molecule has 0 saturated carbocycles. The van der Waals surface area contributed by atoms with Gasteiger partial charge in [-0.3, -0.25) is 5.43 Å². The number of nitrogens with zero attached hydrogens (tertiary/aromatic N) is 4. The van der Waals surface area contributed by atoms with Gasteiger partial charge in [0.05, 0.1) is 12.8 Å². The average Bonchev–Trinajstić information content (AvgIpc) is 2.96. The Kier molecular flexibility index (Phi) is 6.47. The van der Waals surface area contributed by atoms with Crippen molar-refractivity contribution in [1.82, 2.24) is 9.55 Å². The smallest absolute Gasteiger partial charge is 0.164 e. The Hall–Kier alpha value is -2.95. The van der Waals surface area contributed by atoms with Crippen molar-refractivity contribution < 1.29 is 4.74 Å². The molecule has 29 heavy (non-hydrogen) atoms. The molecule has 0 atom stereocenters. The van der Waals surface area contributed by atoms with Crippen molar-refractivity contribution in [3.05, 3.63) is 74.6 Å². The van der Waals surface area contributed by atoms with Gasteiger partial charge in [0, 0.05) is 45.5 Å². The molecule has 3 rings (SSSR count). The fourth-order valence-electron chi connectivity index (χ4n) is 3.28. The highest BCUT2D eigenvalue weighted by Crippen LogP contribution is 2.22. The van der Waals surface area contributed by atoms with Crippen LogP contribution < -0.4 is 5.43 Å². The molecule has 3 aromatic rings. The molecule has 2 aromatic heterocycles. The summed E-state index contributed by atoms with van der Waals surface area (Å²) in [4.78, 5) is 4.41. The summed E-state index contributed by atoms with van der Waals surface area (Å²) in [6.45, 7) is 6.34. The van der Waals surface area contributed by atoms with E-state index in [1.54, 1.807) is 13.3 Å². The summed E-state index contributed by atoms with van der Waals surface area (Å²) in [6.07, 6.45) is 1.75. The van der Waals surface area contributed by atoms with Crippen molar-refractivity contribution >= 4 is 28.0 Å². The van der Waals surface area contributed by atoms with Crippen molar-refractivity contribution in [2.24, 2.45) is 5.10 Å². The van der Waals surface area contributed by atoms with E-state index < -0.39 is 0 Å². The van der Waals surface area contributed by atoms with E-state index in [-0.39, 0.29) is 0 Å². The molecule has 148 valence electrons. The van der Waals surface area contributed by atoms with E-state index in [2.05, 4.69) is 74.1 Å². The van der Waals surface area contributed by atoms with Crippen LogP contribution in [0.1, 0.15) is 33.8 Å². The highest BCUT2D eigenvalue weighted by Gasteiger charge is 2.12. The average molecular weight is 452 g/mol. The standard InChI is InChI=1S/C22H22BrN5O/c1-14-9-18(13-29-4)21(11-24)22(26-14)27-25-12-17-10-15(2)28(16(17)3)20-7-5-19(23)6-8-20/h5-10,12H,13H2,1-4H3,(H,26,27)/b25-12-. The van der Waals surface area contributed by atoms with E-state index in [0.29, 0.717) is 18.0 Å². The molecule has 0 aliphatic carbocycles. The van der Waals surface area contributed by atoms with Crippen LogP contribution in [-0.2, 0) is 11.3 Å². The summed E-state index contributed by atoms with van der Waals surface area (Å²) < 4.78 is 8.40. The van der Waals surface area contributed by atoms with Crippen molar-refractivity contribution in [2.75, 3.05) is 12.5 Å². The van der Waals surface area contributed by atoms with E-state index in [1.165, 1.54) is 0 Å². The van der Waals surface area contributed by atoms with Crippen LogP contribution in [0.5, 0.6) is 0 Å². The van der Waals surface area contributed by atoms with E-state index in [1.807, 2.05) is 25.1 Å². The Balaban J connectivity index is 1.88. The SMILES string of the molecule is COCc1cc(C)nc(N/N=C\c2cc(C)n(-c3ccc(Br)cc3)c2C)c1C#N. The zero-order chi connectivity index (χ0) is 21.0. The molecular formula is C22H22BrN5O. The monoisotopic (exact) mass is 451 g/mol. The molecule has 0 aliphatic heterocycles. The predicted molar refractivity (Wildman–Crippen MR) is 119 cm³/mol. The van der Waals surface area contributed by atoms with Crippen molar-refractivity contribution in [3.8, 4) is 11.8 Å². The normalized spacial score (nSPS) is 11.0. The Labute approximate surface area is 179 Å².